The van der Waals surface area contributed by atoms with Crippen LogP contribution in [0.5, 0.6) is 5.75 Å². The van der Waals surface area contributed by atoms with E-state index in [1.165, 1.54) is 0 Å². The molecule has 176 valence electrons. The van der Waals surface area contributed by atoms with E-state index in [0.717, 1.165) is 39.6 Å². The van der Waals surface area contributed by atoms with Crippen molar-refractivity contribution in [2.75, 3.05) is 19.4 Å². The molecule has 0 radical (unpaired) electrons. The summed E-state index contributed by atoms with van der Waals surface area (Å²) in [7, 11) is 1.63. The van der Waals surface area contributed by atoms with Gasteiger partial charge in [0.1, 0.15) is 22.6 Å². The maximum Gasteiger partial charge on any atom is 0.260 e. The molecule has 3 aromatic heterocycles. The lowest BCUT2D eigenvalue weighted by atomic mass is 10.1. The first-order chi connectivity index (χ1) is 16.2. The number of aryl methyl sites for hydroxylation is 3. The van der Waals surface area contributed by atoms with E-state index in [-0.39, 0.29) is 5.91 Å². The van der Waals surface area contributed by atoms with Crippen molar-refractivity contribution in [2.45, 2.75) is 40.8 Å². The van der Waals surface area contributed by atoms with Crippen molar-refractivity contribution in [1.82, 2.24) is 29.2 Å². The number of hydrogen-bond donors (Lipinski definition) is 1. The number of nitrogen functional groups attached to an aromatic ring is 1. The van der Waals surface area contributed by atoms with Gasteiger partial charge in [0, 0.05) is 12.1 Å². The Morgan fingerprint density at radius 3 is 2.59 bits per heavy atom. The molecule has 0 fully saturated rings. The molecule has 1 aromatic carbocycles. The summed E-state index contributed by atoms with van der Waals surface area (Å²) in [5.41, 5.74) is 13.2. The van der Waals surface area contributed by atoms with Crippen LogP contribution < -0.4 is 10.5 Å². The largest absolute Gasteiger partial charge is 0.496 e. The number of nitrogens with zero attached hydrogens (tertiary/aromatic N) is 6. The van der Waals surface area contributed by atoms with Gasteiger partial charge < -0.3 is 15.4 Å². The van der Waals surface area contributed by atoms with Crippen LogP contribution in [-0.2, 0) is 13.1 Å². The van der Waals surface area contributed by atoms with Crippen LogP contribution in [0.2, 0.25) is 5.02 Å². The number of aromatic nitrogens is 5. The monoisotopic (exact) mass is 479 g/mol. The van der Waals surface area contributed by atoms with Gasteiger partial charge in [0.25, 0.3) is 5.91 Å². The molecule has 1 amide bonds. The molecule has 10 heteroatoms. The normalized spacial score (nSPS) is 13.4. The Labute approximate surface area is 202 Å². The number of carbonyl (C=O) groups is 1. The van der Waals surface area contributed by atoms with Crippen molar-refractivity contribution >= 4 is 34.5 Å². The van der Waals surface area contributed by atoms with Crippen LogP contribution in [0.1, 0.15) is 38.6 Å². The van der Waals surface area contributed by atoms with Crippen LogP contribution in [-0.4, -0.2) is 48.8 Å². The summed E-state index contributed by atoms with van der Waals surface area (Å²) in [6.07, 6.45) is 1.61. The zero-order valence-corrected chi connectivity index (χ0v) is 20.6. The van der Waals surface area contributed by atoms with E-state index in [2.05, 4.69) is 5.10 Å². The highest BCUT2D eigenvalue weighted by Crippen LogP contribution is 2.36. The molecule has 0 spiro atoms. The van der Waals surface area contributed by atoms with Crippen molar-refractivity contribution in [2.24, 2.45) is 0 Å². The third-order valence-electron chi connectivity index (χ3n) is 6.58. The minimum absolute atomic E-state index is 0.208. The Balaban J connectivity index is 1.74. The van der Waals surface area contributed by atoms with E-state index in [0.29, 0.717) is 47.2 Å². The summed E-state index contributed by atoms with van der Waals surface area (Å²) < 4.78 is 9.22. The fourth-order valence-corrected chi connectivity index (χ4v) is 4.83. The summed E-state index contributed by atoms with van der Waals surface area (Å²) in [5, 5.41) is 4.82. The zero-order chi connectivity index (χ0) is 24.3. The van der Waals surface area contributed by atoms with Crippen molar-refractivity contribution < 1.29 is 9.53 Å². The first-order valence-electron chi connectivity index (χ1n) is 11.0. The summed E-state index contributed by atoms with van der Waals surface area (Å²) in [6.45, 7) is 9.14. The molecule has 1 aliphatic heterocycles. The third-order valence-corrected chi connectivity index (χ3v) is 6.90. The van der Waals surface area contributed by atoms with Gasteiger partial charge in [0.05, 0.1) is 54.2 Å². The molecular formula is C24H26ClN7O2. The molecule has 9 nitrogen and oxygen atoms in total. The molecule has 0 saturated heterocycles. The van der Waals surface area contributed by atoms with Gasteiger partial charge in [0.2, 0.25) is 0 Å². The van der Waals surface area contributed by atoms with Gasteiger partial charge in [0.15, 0.2) is 5.65 Å². The quantitative estimate of drug-likeness (QED) is 0.480. The average molecular weight is 480 g/mol. The van der Waals surface area contributed by atoms with Gasteiger partial charge in [-0.3, -0.25) is 14.0 Å². The van der Waals surface area contributed by atoms with Crippen LogP contribution in [0.4, 0.5) is 5.82 Å². The van der Waals surface area contributed by atoms with Crippen molar-refractivity contribution in [1.29, 1.82) is 0 Å². The lowest BCUT2D eigenvalue weighted by molar-refractivity contribution is 0.0709. The Morgan fingerprint density at radius 1 is 1.12 bits per heavy atom. The van der Waals surface area contributed by atoms with Crippen LogP contribution in [0.15, 0.2) is 18.3 Å². The van der Waals surface area contributed by atoms with Crippen molar-refractivity contribution in [3.8, 4) is 11.4 Å². The molecule has 4 heterocycles. The molecule has 2 N–H and O–H groups in total. The molecule has 0 atom stereocenters. The van der Waals surface area contributed by atoms with E-state index in [9.17, 15) is 4.79 Å². The first kappa shape index (κ1) is 22.2. The average Bonchev–Trinajstić information content (AvgIpc) is 3.31. The molecule has 5 rings (SSSR count). The number of hydrogen-bond acceptors (Lipinski definition) is 6. The highest BCUT2D eigenvalue weighted by atomic mass is 35.5. The fraction of sp³-hybridized carbons (Fsp3) is 0.333. The van der Waals surface area contributed by atoms with E-state index in [1.54, 1.807) is 18.2 Å². The molecule has 0 bridgehead atoms. The van der Waals surface area contributed by atoms with E-state index in [1.807, 2.05) is 49.1 Å². The van der Waals surface area contributed by atoms with E-state index < -0.39 is 0 Å². The maximum atomic E-state index is 13.9. The third kappa shape index (κ3) is 3.22. The molecule has 0 saturated carbocycles. The fourth-order valence-electron chi connectivity index (χ4n) is 4.63. The minimum Gasteiger partial charge on any atom is -0.496 e. The van der Waals surface area contributed by atoms with Crippen LogP contribution in [0.25, 0.3) is 16.9 Å². The van der Waals surface area contributed by atoms with E-state index >= 15 is 0 Å². The number of amides is 1. The highest BCUT2D eigenvalue weighted by molar-refractivity contribution is 6.31. The second-order valence-electron chi connectivity index (χ2n) is 8.61. The second kappa shape index (κ2) is 8.02. The number of halogens is 1. The molecule has 34 heavy (non-hydrogen) atoms. The summed E-state index contributed by atoms with van der Waals surface area (Å²) in [4.78, 5) is 25.2. The molecule has 0 unspecified atom stereocenters. The number of rotatable bonds is 3. The van der Waals surface area contributed by atoms with Gasteiger partial charge in [-0.05, 0) is 39.3 Å². The van der Waals surface area contributed by atoms with Gasteiger partial charge in [-0.25, -0.2) is 9.97 Å². The van der Waals surface area contributed by atoms with E-state index in [4.69, 9.17) is 32.0 Å². The molecule has 4 aromatic rings. The minimum atomic E-state index is -0.208. The topological polar surface area (TPSA) is 104 Å². The van der Waals surface area contributed by atoms with Gasteiger partial charge >= 0.3 is 0 Å². The SMILES string of the molecule is COc1ccc(C)c(-n2c(N)c(C(=O)N3CCn4ncc(Cl)c4C3)c3nc(C)c(C)nc32)c1C. The number of fused-ring (bicyclic) bond motifs is 2. The standard InChI is InChI=1S/C24H26ClN7O2/c1-12-6-7-18(34-5)13(2)21(12)32-22(26)19(20-23(32)29-15(4)14(3)28-20)24(33)30-8-9-31-17(11-30)16(25)10-27-31/h6-7,10H,8-9,11,26H2,1-5H3. The first-order valence-corrected chi connectivity index (χ1v) is 11.4. The summed E-state index contributed by atoms with van der Waals surface area (Å²) in [5.74, 6) is 0.820. The van der Waals surface area contributed by atoms with Gasteiger partial charge in [-0.1, -0.05) is 17.7 Å². The molecular weight excluding hydrogens is 454 g/mol. The smallest absolute Gasteiger partial charge is 0.260 e. The zero-order valence-electron chi connectivity index (χ0n) is 19.8. The number of nitrogens with two attached hydrogens (primary N) is 1. The Kier molecular flexibility index (Phi) is 5.24. The predicted molar refractivity (Wildman–Crippen MR) is 131 cm³/mol. The second-order valence-corrected chi connectivity index (χ2v) is 9.02. The maximum absolute atomic E-state index is 13.9. The van der Waals surface area contributed by atoms with Gasteiger partial charge in [-0.2, -0.15) is 5.10 Å². The molecule has 0 aliphatic carbocycles. The Bertz CT molecular complexity index is 1470. The number of carbonyl (C=O) groups excluding carboxylic acids is 1. The number of anilines is 1. The lowest BCUT2D eigenvalue weighted by Crippen LogP contribution is -2.38. The van der Waals surface area contributed by atoms with Crippen molar-refractivity contribution in [3.05, 3.63) is 57.1 Å². The van der Waals surface area contributed by atoms with Crippen LogP contribution in [0, 0.1) is 27.7 Å². The van der Waals surface area contributed by atoms with Crippen LogP contribution in [0.3, 0.4) is 0 Å². The Morgan fingerprint density at radius 2 is 1.85 bits per heavy atom. The highest BCUT2D eigenvalue weighted by Gasteiger charge is 2.32. The summed E-state index contributed by atoms with van der Waals surface area (Å²) in [6, 6.07) is 3.89. The summed E-state index contributed by atoms with van der Waals surface area (Å²) >= 11 is 6.30. The lowest BCUT2D eigenvalue weighted by Gasteiger charge is -2.28. The van der Waals surface area contributed by atoms with Crippen LogP contribution >= 0.6 is 11.6 Å². The predicted octanol–water partition coefficient (Wildman–Crippen LogP) is 3.75. The number of methoxy groups -OCH3 is 1. The Hall–Kier alpha value is -3.59. The van der Waals surface area contributed by atoms with Gasteiger partial charge in [-0.15, -0.1) is 0 Å². The number of ether oxygens (including phenoxy) is 1. The number of benzene rings is 1. The molecule has 1 aliphatic rings. The van der Waals surface area contributed by atoms with Crippen molar-refractivity contribution in [3.63, 3.8) is 0 Å².